The number of carbonyl (C=O) groups excluding carboxylic acids is 1. The molecule has 1 fully saturated rings. The molecule has 1 amide bonds. The first-order valence-electron chi connectivity index (χ1n) is 10.3. The normalized spacial score (nSPS) is 18.9. The Kier molecular flexibility index (Phi) is 5.23. The van der Waals surface area contributed by atoms with Crippen molar-refractivity contribution >= 4 is 11.6 Å². The van der Waals surface area contributed by atoms with Gasteiger partial charge in [-0.25, -0.2) is 9.67 Å². The van der Waals surface area contributed by atoms with Crippen molar-refractivity contribution in [3.63, 3.8) is 0 Å². The minimum Gasteiger partial charge on any atom is -0.389 e. The van der Waals surface area contributed by atoms with Crippen LogP contribution < -0.4 is 5.32 Å². The van der Waals surface area contributed by atoms with Gasteiger partial charge >= 0.3 is 0 Å². The topological polar surface area (TPSA) is 93.7 Å². The molecule has 8 nitrogen and oxygen atoms in total. The molecule has 2 N–H and O–H groups in total. The minimum atomic E-state index is -0.704. The lowest BCUT2D eigenvalue weighted by molar-refractivity contribution is -0.0260. The van der Waals surface area contributed by atoms with Crippen LogP contribution in [0.15, 0.2) is 67.4 Å². The summed E-state index contributed by atoms with van der Waals surface area (Å²) < 4.78 is 8.93. The van der Waals surface area contributed by atoms with Gasteiger partial charge in [0, 0.05) is 37.6 Å². The second-order valence-electron chi connectivity index (χ2n) is 7.72. The molecule has 158 valence electrons. The molecule has 31 heavy (non-hydrogen) atoms. The minimum absolute atomic E-state index is 0.234. The molecule has 0 aliphatic carbocycles. The van der Waals surface area contributed by atoms with Gasteiger partial charge in [-0.2, -0.15) is 5.10 Å². The van der Waals surface area contributed by atoms with Crippen LogP contribution in [0.1, 0.15) is 27.9 Å². The van der Waals surface area contributed by atoms with Crippen LogP contribution in [0.25, 0.3) is 11.3 Å². The van der Waals surface area contributed by atoms with E-state index in [0.717, 1.165) is 16.8 Å². The number of nitrogens with one attached hydrogen (secondary N) is 1. The molecule has 3 aromatic heterocycles. The number of aliphatic hydroxyl groups excluding tert-OH is 1. The highest BCUT2D eigenvalue weighted by Gasteiger charge is 2.26. The van der Waals surface area contributed by atoms with E-state index >= 15 is 0 Å². The third-order valence-electron chi connectivity index (χ3n) is 5.55. The Morgan fingerprint density at radius 1 is 1.19 bits per heavy atom. The first-order valence-corrected chi connectivity index (χ1v) is 10.3. The maximum absolute atomic E-state index is 13.0. The van der Waals surface area contributed by atoms with E-state index < -0.39 is 6.10 Å². The summed E-state index contributed by atoms with van der Waals surface area (Å²) in [6.07, 6.45) is 9.71. The molecule has 0 bridgehead atoms. The number of hydrogen-bond acceptors (Lipinski definition) is 5. The van der Waals surface area contributed by atoms with Crippen molar-refractivity contribution in [2.45, 2.75) is 25.0 Å². The van der Waals surface area contributed by atoms with Crippen molar-refractivity contribution < 1.29 is 14.6 Å². The fraction of sp³-hybridized carbons (Fsp3) is 0.261. The Morgan fingerprint density at radius 2 is 2.06 bits per heavy atom. The van der Waals surface area contributed by atoms with Crippen LogP contribution in [0.4, 0.5) is 0 Å². The number of hydrogen-bond donors (Lipinski definition) is 2. The number of aromatic nitrogens is 4. The van der Waals surface area contributed by atoms with E-state index in [4.69, 9.17) is 4.74 Å². The van der Waals surface area contributed by atoms with Crippen LogP contribution in [-0.4, -0.2) is 55.5 Å². The van der Waals surface area contributed by atoms with Gasteiger partial charge in [0.05, 0.1) is 30.0 Å². The molecule has 0 unspecified atom stereocenters. The molecule has 8 heteroatoms. The van der Waals surface area contributed by atoms with E-state index in [2.05, 4.69) is 27.5 Å². The number of amides is 1. The van der Waals surface area contributed by atoms with Crippen LogP contribution >= 0.6 is 0 Å². The molecule has 4 aromatic rings. The standard InChI is InChI=1S/C23H23N5O3/c29-21-15-31-11-6-20(21)26-23(30)19-13-17(14-27-10-8-24-22(19)27)12-16-2-4-18(5-3-16)28-9-1-7-25-28/h1-5,7-10,13-14,20-21,29H,6,11-12,15H2,(H,26,30)/t20-,21-/m0/s1. The summed E-state index contributed by atoms with van der Waals surface area (Å²) in [7, 11) is 0. The predicted octanol–water partition coefficient (Wildman–Crippen LogP) is 1.99. The highest BCUT2D eigenvalue weighted by molar-refractivity contribution is 6.00. The van der Waals surface area contributed by atoms with Crippen molar-refractivity contribution in [1.29, 1.82) is 0 Å². The summed E-state index contributed by atoms with van der Waals surface area (Å²) in [4.78, 5) is 17.4. The van der Waals surface area contributed by atoms with Gasteiger partial charge in [-0.3, -0.25) is 4.79 Å². The number of nitrogens with zero attached hydrogens (tertiary/aromatic N) is 4. The first kappa shape index (κ1) is 19.5. The molecular weight excluding hydrogens is 394 g/mol. The predicted molar refractivity (Wildman–Crippen MR) is 114 cm³/mol. The van der Waals surface area contributed by atoms with Crippen molar-refractivity contribution in [3.05, 3.63) is 84.1 Å². The van der Waals surface area contributed by atoms with E-state index in [1.807, 2.05) is 51.9 Å². The van der Waals surface area contributed by atoms with E-state index in [0.29, 0.717) is 30.7 Å². The van der Waals surface area contributed by atoms with Crippen LogP contribution in [0.3, 0.4) is 0 Å². The highest BCUT2D eigenvalue weighted by atomic mass is 16.5. The van der Waals surface area contributed by atoms with Gasteiger partial charge in [0.15, 0.2) is 0 Å². The average Bonchev–Trinajstić information content (AvgIpc) is 3.47. The Bertz CT molecular complexity index is 1180. The van der Waals surface area contributed by atoms with Gasteiger partial charge in [0.2, 0.25) is 0 Å². The van der Waals surface area contributed by atoms with E-state index in [9.17, 15) is 9.90 Å². The zero-order chi connectivity index (χ0) is 21.2. The Hall–Kier alpha value is -3.49. The van der Waals surface area contributed by atoms with E-state index in [1.165, 1.54) is 0 Å². The zero-order valence-corrected chi connectivity index (χ0v) is 16.9. The summed E-state index contributed by atoms with van der Waals surface area (Å²) in [5.41, 5.74) is 4.21. The number of rotatable bonds is 5. The van der Waals surface area contributed by atoms with E-state index in [-0.39, 0.29) is 18.6 Å². The quantitative estimate of drug-likeness (QED) is 0.518. The lowest BCUT2D eigenvalue weighted by Gasteiger charge is -2.28. The smallest absolute Gasteiger partial charge is 0.255 e. The summed E-state index contributed by atoms with van der Waals surface area (Å²) in [6.45, 7) is 0.758. The second kappa shape index (κ2) is 8.33. The molecule has 0 spiro atoms. The van der Waals surface area contributed by atoms with Gasteiger partial charge < -0.3 is 19.6 Å². The molecule has 1 aliphatic rings. The van der Waals surface area contributed by atoms with Crippen LogP contribution in [0, 0.1) is 0 Å². The zero-order valence-electron chi connectivity index (χ0n) is 16.9. The van der Waals surface area contributed by atoms with Crippen LogP contribution in [0.5, 0.6) is 0 Å². The molecule has 5 rings (SSSR count). The average molecular weight is 417 g/mol. The molecule has 0 radical (unpaired) electrons. The van der Waals surface area contributed by atoms with Crippen LogP contribution in [-0.2, 0) is 11.2 Å². The second-order valence-corrected chi connectivity index (χ2v) is 7.72. The Morgan fingerprint density at radius 3 is 2.84 bits per heavy atom. The van der Waals surface area contributed by atoms with Gasteiger partial charge in [-0.1, -0.05) is 12.1 Å². The summed E-state index contributed by atoms with van der Waals surface area (Å²) in [6, 6.07) is 11.6. The highest BCUT2D eigenvalue weighted by Crippen LogP contribution is 2.18. The molecule has 1 aliphatic heterocycles. The van der Waals surface area contributed by atoms with Gasteiger partial charge in [0.25, 0.3) is 5.91 Å². The van der Waals surface area contributed by atoms with Crippen molar-refractivity contribution in [1.82, 2.24) is 24.5 Å². The SMILES string of the molecule is O=C(N[C@H]1CCOC[C@@H]1O)c1cc(Cc2ccc(-n3cccn3)cc2)cn2ccnc12. The monoisotopic (exact) mass is 417 g/mol. The first-order chi connectivity index (χ1) is 15.2. The number of pyridine rings is 1. The van der Waals surface area contributed by atoms with Crippen molar-refractivity contribution in [2.24, 2.45) is 0 Å². The van der Waals surface area contributed by atoms with Crippen molar-refractivity contribution in [3.8, 4) is 5.69 Å². The lowest BCUT2D eigenvalue weighted by atomic mass is 10.0. The maximum Gasteiger partial charge on any atom is 0.255 e. The summed E-state index contributed by atoms with van der Waals surface area (Å²) in [5.74, 6) is -0.238. The van der Waals surface area contributed by atoms with Gasteiger partial charge in [0.1, 0.15) is 5.65 Å². The van der Waals surface area contributed by atoms with Crippen molar-refractivity contribution in [2.75, 3.05) is 13.2 Å². The Labute approximate surface area is 179 Å². The fourth-order valence-corrected chi connectivity index (χ4v) is 3.92. The Balaban J connectivity index is 1.39. The maximum atomic E-state index is 13.0. The van der Waals surface area contributed by atoms with Crippen LogP contribution in [0.2, 0.25) is 0 Å². The molecule has 1 aromatic carbocycles. The fourth-order valence-electron chi connectivity index (χ4n) is 3.92. The number of aliphatic hydroxyl groups is 1. The van der Waals surface area contributed by atoms with E-state index in [1.54, 1.807) is 12.4 Å². The molecular formula is C23H23N5O3. The molecule has 0 saturated carbocycles. The van der Waals surface area contributed by atoms with Gasteiger partial charge in [-0.05, 0) is 48.2 Å². The molecule has 2 atom stereocenters. The molecule has 4 heterocycles. The molecule has 1 saturated heterocycles. The van der Waals surface area contributed by atoms with Gasteiger partial charge in [-0.15, -0.1) is 0 Å². The number of carbonyl (C=O) groups is 1. The lowest BCUT2D eigenvalue weighted by Crippen LogP contribution is -2.48. The number of imidazole rings is 1. The largest absolute Gasteiger partial charge is 0.389 e. The number of ether oxygens (including phenoxy) is 1. The third kappa shape index (κ3) is 4.08. The number of fused-ring (bicyclic) bond motifs is 1. The third-order valence-corrected chi connectivity index (χ3v) is 5.55. The summed E-state index contributed by atoms with van der Waals surface area (Å²) in [5, 5.41) is 17.3. The number of benzene rings is 1. The summed E-state index contributed by atoms with van der Waals surface area (Å²) >= 11 is 0.